The van der Waals surface area contributed by atoms with E-state index in [-0.39, 0.29) is 0 Å². The third kappa shape index (κ3) is 3.17. The van der Waals surface area contributed by atoms with Crippen LogP contribution in [0.15, 0.2) is 36.4 Å². The van der Waals surface area contributed by atoms with E-state index in [4.69, 9.17) is 9.47 Å². The maximum Gasteiger partial charge on any atom is 0.161 e. The summed E-state index contributed by atoms with van der Waals surface area (Å²) in [5.41, 5.74) is 1.09. The number of hydrogen-bond acceptors (Lipinski definition) is 2. The zero-order valence-corrected chi connectivity index (χ0v) is 9.36. The van der Waals surface area contributed by atoms with Gasteiger partial charge in [0.15, 0.2) is 11.5 Å². The minimum absolute atomic E-state index is 0.750. The zero-order valence-electron chi connectivity index (χ0n) is 9.36. The number of ether oxygens (including phenoxy) is 2. The molecule has 1 aromatic carbocycles. The van der Waals surface area contributed by atoms with Crippen LogP contribution in [-0.2, 0) is 0 Å². The Morgan fingerprint density at radius 1 is 1.00 bits per heavy atom. The Bertz CT molecular complexity index is 365. The van der Waals surface area contributed by atoms with Gasteiger partial charge in [-0.1, -0.05) is 30.4 Å². The Hall–Kier alpha value is -1.70. The van der Waals surface area contributed by atoms with E-state index >= 15 is 0 Å². The van der Waals surface area contributed by atoms with Gasteiger partial charge in [0, 0.05) is 0 Å². The average Bonchev–Trinajstić information content (AvgIpc) is 2.29. The third-order valence-electron chi connectivity index (χ3n) is 2.00. The summed E-state index contributed by atoms with van der Waals surface area (Å²) in [6, 6.07) is 5.83. The van der Waals surface area contributed by atoms with Crippen molar-refractivity contribution in [2.45, 2.75) is 6.92 Å². The molecule has 0 heterocycles. The van der Waals surface area contributed by atoms with E-state index in [0.29, 0.717) is 0 Å². The van der Waals surface area contributed by atoms with Crippen molar-refractivity contribution in [1.29, 1.82) is 0 Å². The SMILES string of the molecule is C/C=C/C=C/c1ccc(OC)c(OC)c1. The summed E-state index contributed by atoms with van der Waals surface area (Å²) in [5, 5.41) is 0. The molecular weight excluding hydrogens is 188 g/mol. The monoisotopic (exact) mass is 204 g/mol. The maximum atomic E-state index is 5.21. The van der Waals surface area contributed by atoms with Gasteiger partial charge in [-0.2, -0.15) is 0 Å². The maximum absolute atomic E-state index is 5.21. The molecule has 0 amide bonds. The molecule has 0 saturated heterocycles. The standard InChI is InChI=1S/C13H16O2/c1-4-5-6-7-11-8-9-12(14-2)13(10-11)15-3/h4-10H,1-3H3/b5-4+,7-6+. The molecule has 0 aromatic heterocycles. The molecule has 0 aliphatic heterocycles. The van der Waals surface area contributed by atoms with Gasteiger partial charge in [-0.05, 0) is 24.6 Å². The molecule has 2 nitrogen and oxygen atoms in total. The Balaban J connectivity index is 2.92. The van der Waals surface area contributed by atoms with E-state index in [9.17, 15) is 0 Å². The summed E-state index contributed by atoms with van der Waals surface area (Å²) in [5.74, 6) is 1.50. The van der Waals surface area contributed by atoms with Crippen LogP contribution in [0.25, 0.3) is 6.08 Å². The van der Waals surface area contributed by atoms with Gasteiger partial charge in [-0.3, -0.25) is 0 Å². The molecule has 0 saturated carbocycles. The molecule has 0 N–H and O–H groups in total. The zero-order chi connectivity index (χ0) is 11.1. The highest BCUT2D eigenvalue weighted by Crippen LogP contribution is 2.27. The van der Waals surface area contributed by atoms with Crippen molar-refractivity contribution >= 4 is 6.08 Å². The van der Waals surface area contributed by atoms with E-state index in [2.05, 4.69) is 0 Å². The lowest BCUT2D eigenvalue weighted by molar-refractivity contribution is 0.355. The Kier molecular flexibility index (Phi) is 4.48. The largest absolute Gasteiger partial charge is 0.493 e. The number of hydrogen-bond donors (Lipinski definition) is 0. The predicted octanol–water partition coefficient (Wildman–Crippen LogP) is 3.29. The lowest BCUT2D eigenvalue weighted by Gasteiger charge is -2.07. The van der Waals surface area contributed by atoms with Gasteiger partial charge in [0.05, 0.1) is 14.2 Å². The van der Waals surface area contributed by atoms with Gasteiger partial charge < -0.3 is 9.47 Å². The van der Waals surface area contributed by atoms with E-state index in [1.807, 2.05) is 49.4 Å². The minimum Gasteiger partial charge on any atom is -0.493 e. The van der Waals surface area contributed by atoms with Crippen LogP contribution < -0.4 is 9.47 Å². The van der Waals surface area contributed by atoms with Gasteiger partial charge in [0.2, 0.25) is 0 Å². The quantitative estimate of drug-likeness (QED) is 0.701. The molecule has 15 heavy (non-hydrogen) atoms. The fraction of sp³-hybridized carbons (Fsp3) is 0.231. The van der Waals surface area contributed by atoms with E-state index in [1.54, 1.807) is 14.2 Å². The predicted molar refractivity (Wildman–Crippen MR) is 63.4 cm³/mol. The number of allylic oxidation sites excluding steroid dienone is 3. The average molecular weight is 204 g/mol. The highest BCUT2D eigenvalue weighted by atomic mass is 16.5. The number of benzene rings is 1. The van der Waals surface area contributed by atoms with E-state index < -0.39 is 0 Å². The summed E-state index contributed by atoms with van der Waals surface area (Å²) in [7, 11) is 3.27. The topological polar surface area (TPSA) is 18.5 Å². The lowest BCUT2D eigenvalue weighted by atomic mass is 10.2. The lowest BCUT2D eigenvalue weighted by Crippen LogP contribution is -1.90. The molecule has 1 rings (SSSR count). The number of methoxy groups -OCH3 is 2. The molecular formula is C13H16O2. The molecule has 1 aromatic rings. The van der Waals surface area contributed by atoms with Gasteiger partial charge in [-0.15, -0.1) is 0 Å². The van der Waals surface area contributed by atoms with Crippen LogP contribution >= 0.6 is 0 Å². The first-order chi connectivity index (χ1) is 7.31. The van der Waals surface area contributed by atoms with Crippen LogP contribution in [-0.4, -0.2) is 14.2 Å². The molecule has 0 fully saturated rings. The molecule has 0 spiro atoms. The van der Waals surface area contributed by atoms with Crippen molar-refractivity contribution in [3.05, 3.63) is 42.0 Å². The number of rotatable bonds is 4. The summed E-state index contributed by atoms with van der Waals surface area (Å²) in [6.45, 7) is 1.99. The highest BCUT2D eigenvalue weighted by Gasteiger charge is 2.01. The van der Waals surface area contributed by atoms with Gasteiger partial charge in [-0.25, -0.2) is 0 Å². The van der Waals surface area contributed by atoms with Crippen LogP contribution in [0.3, 0.4) is 0 Å². The third-order valence-corrected chi connectivity index (χ3v) is 2.00. The minimum atomic E-state index is 0.750. The van der Waals surface area contributed by atoms with E-state index in [0.717, 1.165) is 17.1 Å². The Morgan fingerprint density at radius 2 is 1.73 bits per heavy atom. The second-order valence-electron chi connectivity index (χ2n) is 3.00. The Morgan fingerprint density at radius 3 is 2.33 bits per heavy atom. The highest BCUT2D eigenvalue weighted by molar-refractivity contribution is 5.56. The molecule has 0 atom stereocenters. The first kappa shape index (κ1) is 11.4. The van der Waals surface area contributed by atoms with Gasteiger partial charge >= 0.3 is 0 Å². The van der Waals surface area contributed by atoms with Crippen LogP contribution in [0.2, 0.25) is 0 Å². The summed E-state index contributed by atoms with van der Waals surface area (Å²) in [4.78, 5) is 0. The second kappa shape index (κ2) is 5.91. The van der Waals surface area contributed by atoms with Crippen LogP contribution in [0, 0.1) is 0 Å². The van der Waals surface area contributed by atoms with Gasteiger partial charge in [0.25, 0.3) is 0 Å². The van der Waals surface area contributed by atoms with Gasteiger partial charge in [0.1, 0.15) is 0 Å². The molecule has 0 unspecified atom stereocenters. The normalized spacial score (nSPS) is 11.1. The van der Waals surface area contributed by atoms with Crippen molar-refractivity contribution in [3.63, 3.8) is 0 Å². The second-order valence-corrected chi connectivity index (χ2v) is 3.00. The summed E-state index contributed by atoms with van der Waals surface area (Å²) >= 11 is 0. The van der Waals surface area contributed by atoms with Crippen LogP contribution in [0.5, 0.6) is 11.5 Å². The summed E-state index contributed by atoms with van der Waals surface area (Å²) in [6.07, 6.45) is 7.97. The fourth-order valence-electron chi connectivity index (χ4n) is 1.23. The van der Waals surface area contributed by atoms with Crippen LogP contribution in [0.1, 0.15) is 12.5 Å². The molecule has 80 valence electrons. The Labute approximate surface area is 90.8 Å². The van der Waals surface area contributed by atoms with Crippen molar-refractivity contribution in [2.75, 3.05) is 14.2 Å². The summed E-state index contributed by atoms with van der Waals surface area (Å²) < 4.78 is 10.4. The molecule has 0 radical (unpaired) electrons. The van der Waals surface area contributed by atoms with Crippen molar-refractivity contribution in [3.8, 4) is 11.5 Å². The smallest absolute Gasteiger partial charge is 0.161 e. The fourth-order valence-corrected chi connectivity index (χ4v) is 1.23. The van der Waals surface area contributed by atoms with Crippen molar-refractivity contribution in [1.82, 2.24) is 0 Å². The van der Waals surface area contributed by atoms with Crippen molar-refractivity contribution in [2.24, 2.45) is 0 Å². The molecule has 2 heteroatoms. The molecule has 0 aliphatic rings. The first-order valence-corrected chi connectivity index (χ1v) is 4.83. The molecule has 0 aliphatic carbocycles. The van der Waals surface area contributed by atoms with Crippen molar-refractivity contribution < 1.29 is 9.47 Å². The first-order valence-electron chi connectivity index (χ1n) is 4.83. The molecule has 0 bridgehead atoms. The van der Waals surface area contributed by atoms with E-state index in [1.165, 1.54) is 0 Å². The van der Waals surface area contributed by atoms with Crippen LogP contribution in [0.4, 0.5) is 0 Å².